The van der Waals surface area contributed by atoms with E-state index >= 15 is 0 Å². The molecule has 0 spiro atoms. The normalized spacial score (nSPS) is 10.6. The summed E-state index contributed by atoms with van der Waals surface area (Å²) < 4.78 is 0.751. The predicted molar refractivity (Wildman–Crippen MR) is 85.3 cm³/mol. The Morgan fingerprint density at radius 1 is 1.30 bits per heavy atom. The number of carbonyl (C=O) groups excluding carboxylic acids is 1. The maximum Gasteiger partial charge on any atom is 0.241 e. The number of nitrogens with zero attached hydrogens (tertiary/aromatic N) is 2. The van der Waals surface area contributed by atoms with Crippen LogP contribution in [-0.4, -0.2) is 22.0 Å². The highest BCUT2D eigenvalue weighted by atomic mass is 35.5. The number of anilines is 1. The zero-order valence-electron chi connectivity index (χ0n) is 9.90. The minimum Gasteiger partial charge on any atom is -0.299 e. The van der Waals surface area contributed by atoms with Gasteiger partial charge in [-0.2, -0.15) is 0 Å². The van der Waals surface area contributed by atoms with Crippen molar-refractivity contribution >= 4 is 68.9 Å². The molecule has 0 fully saturated rings. The number of rotatable bonds is 5. The van der Waals surface area contributed by atoms with Crippen LogP contribution in [0.25, 0.3) is 0 Å². The molecule has 0 saturated carbocycles. The molecule has 1 amide bonds. The Morgan fingerprint density at radius 2 is 2.10 bits per heavy atom. The van der Waals surface area contributed by atoms with E-state index in [0.29, 0.717) is 20.9 Å². The van der Waals surface area contributed by atoms with Gasteiger partial charge in [0.05, 0.1) is 10.0 Å². The van der Waals surface area contributed by atoms with Crippen molar-refractivity contribution in [3.05, 3.63) is 33.8 Å². The second-order valence-electron chi connectivity index (χ2n) is 3.59. The van der Waals surface area contributed by atoms with E-state index in [1.54, 1.807) is 6.07 Å². The molecule has 4 nitrogen and oxygen atoms in total. The second kappa shape index (κ2) is 7.47. The highest BCUT2D eigenvalue weighted by molar-refractivity contribution is 8.00. The Labute approximate surface area is 138 Å². The maximum atomic E-state index is 11.1. The van der Waals surface area contributed by atoms with Gasteiger partial charge in [-0.05, 0) is 17.7 Å². The van der Waals surface area contributed by atoms with Crippen LogP contribution in [0.1, 0.15) is 5.56 Å². The molecule has 20 heavy (non-hydrogen) atoms. The van der Waals surface area contributed by atoms with Crippen molar-refractivity contribution in [2.45, 2.75) is 10.1 Å². The average molecular weight is 369 g/mol. The molecular weight excluding hydrogens is 361 g/mol. The number of thioether (sulfide) groups is 1. The lowest BCUT2D eigenvalue weighted by Gasteiger charge is -2.01. The Kier molecular flexibility index (Phi) is 5.92. The average Bonchev–Trinajstić information content (AvgIpc) is 2.87. The molecule has 0 aliphatic heterocycles. The zero-order valence-corrected chi connectivity index (χ0v) is 13.8. The van der Waals surface area contributed by atoms with E-state index in [1.165, 1.54) is 23.1 Å². The molecule has 0 unspecified atom stereocenters. The van der Waals surface area contributed by atoms with Crippen LogP contribution in [0.2, 0.25) is 10.0 Å². The standard InChI is InChI=1S/C11H8Cl3N3OS2/c12-4-9(18)15-10-16-17-11(20-10)19-5-6-1-2-7(13)8(14)3-6/h1-3H,4-5H2,(H,15,16,18). The van der Waals surface area contributed by atoms with Crippen molar-refractivity contribution in [1.82, 2.24) is 10.2 Å². The molecule has 0 aliphatic carbocycles. The minimum atomic E-state index is -0.302. The first-order valence-electron chi connectivity index (χ1n) is 5.34. The molecule has 0 saturated heterocycles. The SMILES string of the molecule is O=C(CCl)Nc1nnc(SCc2ccc(Cl)c(Cl)c2)s1. The van der Waals surface area contributed by atoms with Crippen molar-refractivity contribution in [3.63, 3.8) is 0 Å². The molecule has 1 heterocycles. The van der Waals surface area contributed by atoms with Gasteiger partial charge in [-0.1, -0.05) is 52.4 Å². The molecule has 1 N–H and O–H groups in total. The van der Waals surface area contributed by atoms with E-state index in [0.717, 1.165) is 9.90 Å². The summed E-state index contributed by atoms with van der Waals surface area (Å²) in [4.78, 5) is 11.1. The number of halogens is 3. The fourth-order valence-corrected chi connectivity index (χ4v) is 3.34. The van der Waals surface area contributed by atoms with Gasteiger partial charge in [0, 0.05) is 5.75 Å². The van der Waals surface area contributed by atoms with Crippen molar-refractivity contribution < 1.29 is 4.79 Å². The Morgan fingerprint density at radius 3 is 2.80 bits per heavy atom. The quantitative estimate of drug-likeness (QED) is 0.485. The first kappa shape index (κ1) is 15.9. The third-order valence-corrected chi connectivity index (χ3v) is 5.15. The van der Waals surface area contributed by atoms with Gasteiger partial charge < -0.3 is 0 Å². The van der Waals surface area contributed by atoms with Crippen LogP contribution < -0.4 is 5.32 Å². The van der Waals surface area contributed by atoms with Crippen LogP contribution >= 0.6 is 57.9 Å². The summed E-state index contributed by atoms with van der Waals surface area (Å²) in [6, 6.07) is 5.47. The summed E-state index contributed by atoms with van der Waals surface area (Å²) in [6.07, 6.45) is 0. The van der Waals surface area contributed by atoms with Gasteiger partial charge in [-0.25, -0.2) is 0 Å². The van der Waals surface area contributed by atoms with Crippen molar-refractivity contribution in [1.29, 1.82) is 0 Å². The topological polar surface area (TPSA) is 54.9 Å². The van der Waals surface area contributed by atoms with Crippen LogP contribution in [0.5, 0.6) is 0 Å². The molecule has 1 aromatic carbocycles. The molecule has 2 rings (SSSR count). The third kappa shape index (κ3) is 4.49. The summed E-state index contributed by atoms with van der Waals surface area (Å²) >= 11 is 20.0. The molecule has 0 radical (unpaired) electrons. The van der Waals surface area contributed by atoms with Crippen molar-refractivity contribution in [2.75, 3.05) is 11.2 Å². The number of amides is 1. The molecule has 0 atom stereocenters. The Hall–Kier alpha value is -0.530. The fraction of sp³-hybridized carbons (Fsp3) is 0.182. The van der Waals surface area contributed by atoms with Gasteiger partial charge in [-0.15, -0.1) is 21.8 Å². The highest BCUT2D eigenvalue weighted by Crippen LogP contribution is 2.30. The van der Waals surface area contributed by atoms with Gasteiger partial charge in [0.1, 0.15) is 5.88 Å². The zero-order chi connectivity index (χ0) is 14.5. The summed E-state index contributed by atoms with van der Waals surface area (Å²) in [5.74, 6) is 0.282. The lowest BCUT2D eigenvalue weighted by atomic mass is 10.2. The Balaban J connectivity index is 1.93. The summed E-state index contributed by atoms with van der Waals surface area (Å²) in [5, 5.41) is 11.9. The van der Waals surface area contributed by atoms with Crippen LogP contribution in [0.3, 0.4) is 0 Å². The molecule has 106 valence electrons. The summed E-state index contributed by atoms with van der Waals surface area (Å²) in [7, 11) is 0. The molecular formula is C11H8Cl3N3OS2. The molecule has 0 bridgehead atoms. The monoisotopic (exact) mass is 367 g/mol. The molecule has 0 aliphatic rings. The van der Waals surface area contributed by atoms with Gasteiger partial charge in [0.25, 0.3) is 0 Å². The van der Waals surface area contributed by atoms with E-state index in [1.807, 2.05) is 12.1 Å². The van der Waals surface area contributed by atoms with Crippen LogP contribution in [0.15, 0.2) is 22.5 Å². The number of nitrogens with one attached hydrogen (secondary N) is 1. The smallest absolute Gasteiger partial charge is 0.241 e. The number of aromatic nitrogens is 2. The first-order chi connectivity index (χ1) is 9.58. The number of hydrogen-bond acceptors (Lipinski definition) is 5. The van der Waals surface area contributed by atoms with Gasteiger partial charge >= 0.3 is 0 Å². The molecule has 2 aromatic rings. The summed E-state index contributed by atoms with van der Waals surface area (Å²) in [5.41, 5.74) is 1.03. The Bertz CT molecular complexity index is 621. The van der Waals surface area contributed by atoms with Gasteiger partial charge in [0.15, 0.2) is 4.34 Å². The first-order valence-corrected chi connectivity index (χ1v) is 8.44. The number of alkyl halides is 1. The van der Waals surface area contributed by atoms with Crippen molar-refractivity contribution in [2.24, 2.45) is 0 Å². The lowest BCUT2D eigenvalue weighted by molar-refractivity contribution is -0.113. The predicted octanol–water partition coefficient (Wildman–Crippen LogP) is 4.31. The molecule has 1 aromatic heterocycles. The van der Waals surface area contributed by atoms with E-state index < -0.39 is 0 Å². The molecule has 9 heteroatoms. The number of benzene rings is 1. The van der Waals surface area contributed by atoms with Gasteiger partial charge in [0.2, 0.25) is 11.0 Å². The van der Waals surface area contributed by atoms with Crippen LogP contribution in [-0.2, 0) is 10.5 Å². The van der Waals surface area contributed by atoms with Gasteiger partial charge in [-0.3, -0.25) is 10.1 Å². The van der Waals surface area contributed by atoms with Crippen LogP contribution in [0.4, 0.5) is 5.13 Å². The largest absolute Gasteiger partial charge is 0.299 e. The van der Waals surface area contributed by atoms with Crippen LogP contribution in [0, 0.1) is 0 Å². The lowest BCUT2D eigenvalue weighted by Crippen LogP contribution is -2.12. The highest BCUT2D eigenvalue weighted by Gasteiger charge is 2.08. The van der Waals surface area contributed by atoms with E-state index in [4.69, 9.17) is 34.8 Å². The third-order valence-electron chi connectivity index (χ3n) is 2.12. The second-order valence-corrected chi connectivity index (χ2v) is 6.87. The fourth-order valence-electron chi connectivity index (χ4n) is 1.25. The van der Waals surface area contributed by atoms with Crippen molar-refractivity contribution in [3.8, 4) is 0 Å². The number of hydrogen-bond donors (Lipinski definition) is 1. The number of carbonyl (C=O) groups is 1. The van der Waals surface area contributed by atoms with E-state index in [2.05, 4.69) is 15.5 Å². The maximum absolute atomic E-state index is 11.1. The van der Waals surface area contributed by atoms with E-state index in [9.17, 15) is 4.79 Å². The summed E-state index contributed by atoms with van der Waals surface area (Å²) in [6.45, 7) is 0. The van der Waals surface area contributed by atoms with E-state index in [-0.39, 0.29) is 11.8 Å². The minimum absolute atomic E-state index is 0.106.